The first kappa shape index (κ1) is 16.9. The van der Waals surface area contributed by atoms with E-state index in [-0.39, 0.29) is 0 Å². The van der Waals surface area contributed by atoms with Gasteiger partial charge in [-0.25, -0.2) is 0 Å². The number of likely N-dealkylation sites (N-methyl/N-ethyl adjacent to an activating group) is 1. The molecular formula is C19H26N4. The van der Waals surface area contributed by atoms with E-state index >= 15 is 0 Å². The fourth-order valence-corrected chi connectivity index (χ4v) is 2.34. The molecule has 0 aliphatic heterocycles. The quantitative estimate of drug-likeness (QED) is 0.610. The Hall–Kier alpha value is -2.49. The monoisotopic (exact) mass is 310 g/mol. The number of rotatable bonds is 7. The molecule has 2 aromatic rings. The van der Waals surface area contributed by atoms with E-state index in [2.05, 4.69) is 76.1 Å². The van der Waals surface area contributed by atoms with E-state index < -0.39 is 0 Å². The molecule has 2 N–H and O–H groups in total. The third-order valence-electron chi connectivity index (χ3n) is 3.71. The van der Waals surface area contributed by atoms with Gasteiger partial charge < -0.3 is 15.5 Å². The van der Waals surface area contributed by atoms with Crippen LogP contribution >= 0.6 is 0 Å². The molecule has 0 spiro atoms. The lowest BCUT2D eigenvalue weighted by Crippen LogP contribution is -2.41. The van der Waals surface area contributed by atoms with E-state index in [1.54, 1.807) is 7.05 Å². The van der Waals surface area contributed by atoms with Crippen molar-refractivity contribution >= 4 is 11.6 Å². The summed E-state index contributed by atoms with van der Waals surface area (Å²) in [5.74, 6) is 0.849. The third kappa shape index (κ3) is 6.02. The fourth-order valence-electron chi connectivity index (χ4n) is 2.34. The molecule has 0 unspecified atom stereocenters. The van der Waals surface area contributed by atoms with Crippen LogP contribution in [-0.4, -0.2) is 39.7 Å². The van der Waals surface area contributed by atoms with Crippen LogP contribution in [0, 0.1) is 0 Å². The van der Waals surface area contributed by atoms with E-state index in [1.165, 1.54) is 11.3 Å². The van der Waals surface area contributed by atoms with Crippen LogP contribution in [0.3, 0.4) is 0 Å². The zero-order valence-corrected chi connectivity index (χ0v) is 14.0. The molecule has 0 heterocycles. The van der Waals surface area contributed by atoms with Crippen LogP contribution in [0.2, 0.25) is 0 Å². The predicted molar refractivity (Wildman–Crippen MR) is 99.2 cm³/mol. The van der Waals surface area contributed by atoms with Gasteiger partial charge in [0.15, 0.2) is 5.96 Å². The standard InChI is InChI=1S/C19H26N4/c1-20-19(21-14-13-17-9-5-3-6-10-17)22-15-16-23(2)18-11-7-4-8-12-18/h3-12H,13-16H2,1-2H3,(H2,20,21,22). The maximum atomic E-state index is 4.26. The van der Waals surface area contributed by atoms with Crippen LogP contribution in [0.4, 0.5) is 5.69 Å². The van der Waals surface area contributed by atoms with Gasteiger partial charge in [-0.05, 0) is 24.1 Å². The Balaban J connectivity index is 1.67. The van der Waals surface area contributed by atoms with Crippen LogP contribution in [0.15, 0.2) is 65.7 Å². The number of hydrogen-bond donors (Lipinski definition) is 2. The number of hydrogen-bond acceptors (Lipinski definition) is 2. The molecular weight excluding hydrogens is 284 g/mol. The van der Waals surface area contributed by atoms with Gasteiger partial charge in [-0.15, -0.1) is 0 Å². The Morgan fingerprint density at radius 2 is 1.52 bits per heavy atom. The highest BCUT2D eigenvalue weighted by Gasteiger charge is 2.01. The minimum atomic E-state index is 0.844. The topological polar surface area (TPSA) is 39.7 Å². The van der Waals surface area contributed by atoms with E-state index in [0.29, 0.717) is 0 Å². The van der Waals surface area contributed by atoms with E-state index in [4.69, 9.17) is 0 Å². The highest BCUT2D eigenvalue weighted by Crippen LogP contribution is 2.09. The summed E-state index contributed by atoms with van der Waals surface area (Å²) < 4.78 is 0. The van der Waals surface area contributed by atoms with Crippen molar-refractivity contribution < 1.29 is 0 Å². The molecule has 0 saturated carbocycles. The van der Waals surface area contributed by atoms with Crippen molar-refractivity contribution in [2.45, 2.75) is 6.42 Å². The molecule has 0 aliphatic rings. The minimum absolute atomic E-state index is 0.844. The lowest BCUT2D eigenvalue weighted by Gasteiger charge is -2.20. The zero-order valence-electron chi connectivity index (χ0n) is 14.0. The molecule has 4 heteroatoms. The normalized spacial score (nSPS) is 11.1. The van der Waals surface area contributed by atoms with Gasteiger partial charge in [0.05, 0.1) is 0 Å². The van der Waals surface area contributed by atoms with Crippen LogP contribution in [-0.2, 0) is 6.42 Å². The van der Waals surface area contributed by atoms with Gasteiger partial charge in [0.1, 0.15) is 0 Å². The molecule has 0 radical (unpaired) electrons. The minimum Gasteiger partial charge on any atom is -0.373 e. The third-order valence-corrected chi connectivity index (χ3v) is 3.71. The molecule has 0 aromatic heterocycles. The van der Waals surface area contributed by atoms with Crippen LogP contribution in [0.5, 0.6) is 0 Å². The Kier molecular flexibility index (Phi) is 6.98. The molecule has 2 rings (SSSR count). The predicted octanol–water partition coefficient (Wildman–Crippen LogP) is 2.53. The van der Waals surface area contributed by atoms with Gasteiger partial charge in [-0.3, -0.25) is 4.99 Å². The summed E-state index contributed by atoms with van der Waals surface area (Å²) in [6.45, 7) is 2.64. The van der Waals surface area contributed by atoms with Crippen molar-refractivity contribution in [2.75, 3.05) is 38.6 Å². The van der Waals surface area contributed by atoms with Gasteiger partial charge >= 0.3 is 0 Å². The Morgan fingerprint density at radius 3 is 2.17 bits per heavy atom. The summed E-state index contributed by atoms with van der Waals surface area (Å²) >= 11 is 0. The van der Waals surface area contributed by atoms with Crippen molar-refractivity contribution in [3.63, 3.8) is 0 Å². The maximum absolute atomic E-state index is 4.26. The molecule has 2 aromatic carbocycles. The summed E-state index contributed by atoms with van der Waals surface area (Å²) in [5, 5.41) is 6.71. The summed E-state index contributed by atoms with van der Waals surface area (Å²) in [7, 11) is 3.90. The van der Waals surface area contributed by atoms with Crippen molar-refractivity contribution in [1.29, 1.82) is 0 Å². The fraction of sp³-hybridized carbons (Fsp3) is 0.316. The average Bonchev–Trinajstić information content (AvgIpc) is 2.62. The summed E-state index contributed by atoms with van der Waals surface area (Å²) in [5.41, 5.74) is 2.56. The molecule has 0 atom stereocenters. The molecule has 0 bridgehead atoms. The summed E-state index contributed by atoms with van der Waals surface area (Å²) in [6.07, 6.45) is 0.992. The molecule has 0 fully saturated rings. The average molecular weight is 310 g/mol. The van der Waals surface area contributed by atoms with E-state index in [0.717, 1.165) is 32.0 Å². The second-order valence-corrected chi connectivity index (χ2v) is 5.42. The van der Waals surface area contributed by atoms with Gasteiger partial charge in [0.2, 0.25) is 0 Å². The number of guanidine groups is 1. The zero-order chi connectivity index (χ0) is 16.3. The van der Waals surface area contributed by atoms with Gasteiger partial charge in [-0.1, -0.05) is 48.5 Å². The van der Waals surface area contributed by atoms with Gasteiger partial charge in [-0.2, -0.15) is 0 Å². The number of nitrogens with one attached hydrogen (secondary N) is 2. The summed E-state index contributed by atoms with van der Waals surface area (Å²) in [6, 6.07) is 20.9. The first-order chi connectivity index (χ1) is 11.3. The Bertz CT molecular complexity index is 581. The SMILES string of the molecule is CN=C(NCCc1ccccc1)NCCN(C)c1ccccc1. The Labute approximate surface area is 139 Å². The number of benzene rings is 2. The molecule has 0 saturated heterocycles. The lowest BCUT2D eigenvalue weighted by molar-refractivity contribution is 0.771. The number of anilines is 1. The molecule has 0 amide bonds. The van der Waals surface area contributed by atoms with Crippen LogP contribution < -0.4 is 15.5 Å². The maximum Gasteiger partial charge on any atom is 0.191 e. The van der Waals surface area contributed by atoms with Crippen molar-refractivity contribution in [2.24, 2.45) is 4.99 Å². The highest BCUT2D eigenvalue weighted by molar-refractivity contribution is 5.79. The van der Waals surface area contributed by atoms with Gasteiger partial charge in [0, 0.05) is 39.4 Å². The van der Waals surface area contributed by atoms with Crippen LogP contribution in [0.1, 0.15) is 5.56 Å². The summed E-state index contributed by atoms with van der Waals surface area (Å²) in [4.78, 5) is 6.49. The molecule has 122 valence electrons. The molecule has 23 heavy (non-hydrogen) atoms. The van der Waals surface area contributed by atoms with Gasteiger partial charge in [0.25, 0.3) is 0 Å². The number of aliphatic imine (C=N–C) groups is 1. The molecule has 4 nitrogen and oxygen atoms in total. The first-order valence-electron chi connectivity index (χ1n) is 8.04. The number of nitrogens with zero attached hydrogens (tertiary/aromatic N) is 2. The van der Waals surface area contributed by atoms with E-state index in [9.17, 15) is 0 Å². The first-order valence-corrected chi connectivity index (χ1v) is 8.04. The van der Waals surface area contributed by atoms with Crippen LogP contribution in [0.25, 0.3) is 0 Å². The second-order valence-electron chi connectivity index (χ2n) is 5.42. The Morgan fingerprint density at radius 1 is 0.913 bits per heavy atom. The smallest absolute Gasteiger partial charge is 0.191 e. The van der Waals surface area contributed by atoms with Crippen molar-refractivity contribution in [3.8, 4) is 0 Å². The molecule has 0 aliphatic carbocycles. The second kappa shape index (κ2) is 9.51. The van der Waals surface area contributed by atoms with Crippen molar-refractivity contribution in [3.05, 3.63) is 66.2 Å². The van der Waals surface area contributed by atoms with E-state index in [1.807, 2.05) is 12.1 Å². The largest absolute Gasteiger partial charge is 0.373 e. The lowest BCUT2D eigenvalue weighted by atomic mass is 10.1. The number of para-hydroxylation sites is 1. The highest BCUT2D eigenvalue weighted by atomic mass is 15.2. The van der Waals surface area contributed by atoms with Crippen molar-refractivity contribution in [1.82, 2.24) is 10.6 Å².